The fraction of sp³-hybridized carbons (Fsp3) is 0.205. The zero-order chi connectivity index (χ0) is 31.3. The summed E-state index contributed by atoms with van der Waals surface area (Å²) in [5.41, 5.74) is 5.97. The largest absolute Gasteiger partial charge is 0.449 e. The Morgan fingerprint density at radius 1 is 0.667 bits per heavy atom. The average molecular weight is 600 g/mol. The Kier molecular flexibility index (Phi) is 8.80. The van der Waals surface area contributed by atoms with Crippen LogP contribution in [0.5, 0.6) is 0 Å². The lowest BCUT2D eigenvalue weighted by Crippen LogP contribution is -2.68. The van der Waals surface area contributed by atoms with Crippen LogP contribution in [0.2, 0.25) is 0 Å². The van der Waals surface area contributed by atoms with Gasteiger partial charge in [0.05, 0.1) is 6.61 Å². The second kappa shape index (κ2) is 13.1. The van der Waals surface area contributed by atoms with Crippen molar-refractivity contribution in [3.05, 3.63) is 167 Å². The van der Waals surface area contributed by atoms with Gasteiger partial charge in [0, 0.05) is 20.1 Å². The summed E-state index contributed by atoms with van der Waals surface area (Å²) in [6, 6.07) is 45.0. The third kappa shape index (κ3) is 5.11. The van der Waals surface area contributed by atoms with Crippen molar-refractivity contribution in [1.82, 2.24) is 5.32 Å². The molecule has 1 amide bonds. The Labute approximate surface area is 264 Å². The highest BCUT2D eigenvalue weighted by atomic mass is 16.7. The Balaban J connectivity index is 1.39. The van der Waals surface area contributed by atoms with Crippen LogP contribution in [-0.4, -0.2) is 50.5 Å². The normalized spacial score (nSPS) is 13.5. The zero-order valence-corrected chi connectivity index (χ0v) is 25.4. The van der Waals surface area contributed by atoms with E-state index in [1.165, 1.54) is 14.2 Å². The van der Waals surface area contributed by atoms with Gasteiger partial charge in [0.15, 0.2) is 0 Å². The van der Waals surface area contributed by atoms with Crippen molar-refractivity contribution < 1.29 is 24.1 Å². The summed E-state index contributed by atoms with van der Waals surface area (Å²) >= 11 is 0. The molecular weight excluding hydrogens is 562 g/mol. The molecule has 0 bridgehead atoms. The van der Waals surface area contributed by atoms with E-state index < -0.39 is 29.9 Å². The van der Waals surface area contributed by atoms with Gasteiger partial charge in [-0.05, 0) is 38.9 Å². The number of hydrogen-bond donors (Lipinski definition) is 2. The van der Waals surface area contributed by atoms with Crippen LogP contribution in [-0.2, 0) is 19.6 Å². The molecule has 0 saturated carbocycles. The summed E-state index contributed by atoms with van der Waals surface area (Å²) in [6.45, 7) is -0.355. The first-order valence-corrected chi connectivity index (χ1v) is 15.1. The van der Waals surface area contributed by atoms with Gasteiger partial charge in [0.1, 0.15) is 18.1 Å². The number of aliphatic hydroxyl groups is 1. The first kappa shape index (κ1) is 30.3. The molecule has 1 unspecified atom stereocenters. The summed E-state index contributed by atoms with van der Waals surface area (Å²) in [5.74, 6) is -1.74. The molecule has 0 spiro atoms. The Morgan fingerprint density at radius 3 is 1.47 bits per heavy atom. The summed E-state index contributed by atoms with van der Waals surface area (Å²) in [6.07, 6.45) is -0.683. The number of fused-ring (bicyclic) bond motifs is 3. The lowest BCUT2D eigenvalue weighted by atomic mass is 9.61. The summed E-state index contributed by atoms with van der Waals surface area (Å²) in [7, 11) is 3.07. The van der Waals surface area contributed by atoms with E-state index in [0.717, 1.165) is 38.9 Å². The topological polar surface area (TPSA) is 77.0 Å². The van der Waals surface area contributed by atoms with Crippen molar-refractivity contribution in [2.45, 2.75) is 23.2 Å². The smallest absolute Gasteiger partial charge is 0.407 e. The number of rotatable bonds is 11. The lowest BCUT2D eigenvalue weighted by molar-refractivity contribution is -0.255. The van der Waals surface area contributed by atoms with Crippen molar-refractivity contribution >= 4 is 6.09 Å². The Hall–Kier alpha value is -4.75. The molecule has 228 valence electrons. The van der Waals surface area contributed by atoms with Crippen LogP contribution in [0.1, 0.15) is 33.7 Å². The maximum absolute atomic E-state index is 13.7. The lowest BCUT2D eigenvalue weighted by Gasteiger charge is -2.52. The predicted octanol–water partition coefficient (Wildman–Crippen LogP) is 6.91. The van der Waals surface area contributed by atoms with Gasteiger partial charge in [-0.15, -0.1) is 0 Å². The van der Waals surface area contributed by atoms with E-state index in [1.807, 2.05) is 115 Å². The molecule has 6 heteroatoms. The second-order valence-electron chi connectivity index (χ2n) is 11.1. The molecule has 0 aliphatic heterocycles. The van der Waals surface area contributed by atoms with Gasteiger partial charge in [-0.25, -0.2) is 4.79 Å². The van der Waals surface area contributed by atoms with Crippen molar-refractivity contribution in [1.29, 1.82) is 0 Å². The zero-order valence-electron chi connectivity index (χ0n) is 25.4. The first-order chi connectivity index (χ1) is 22.1. The van der Waals surface area contributed by atoms with Gasteiger partial charge < -0.3 is 24.6 Å². The molecule has 0 heterocycles. The number of benzene rings is 5. The van der Waals surface area contributed by atoms with Gasteiger partial charge in [-0.2, -0.15) is 0 Å². The fourth-order valence-corrected chi connectivity index (χ4v) is 7.15. The van der Waals surface area contributed by atoms with Gasteiger partial charge in [0.25, 0.3) is 0 Å². The number of methoxy groups -OCH3 is 2. The monoisotopic (exact) mass is 599 g/mol. The van der Waals surface area contributed by atoms with Crippen molar-refractivity contribution in [2.24, 2.45) is 0 Å². The molecule has 1 aliphatic rings. The molecule has 1 atom stereocenters. The van der Waals surface area contributed by atoms with Crippen molar-refractivity contribution in [3.63, 3.8) is 0 Å². The number of carbonyl (C=O) groups is 1. The highest BCUT2D eigenvalue weighted by molar-refractivity contribution is 5.79. The maximum atomic E-state index is 13.7. The minimum absolute atomic E-state index is 0.109. The van der Waals surface area contributed by atoms with Crippen LogP contribution in [0, 0.1) is 0 Å². The van der Waals surface area contributed by atoms with Gasteiger partial charge in [-0.3, -0.25) is 0 Å². The predicted molar refractivity (Wildman–Crippen MR) is 175 cm³/mol. The second-order valence-corrected chi connectivity index (χ2v) is 11.1. The third-order valence-electron chi connectivity index (χ3n) is 9.03. The van der Waals surface area contributed by atoms with E-state index >= 15 is 0 Å². The van der Waals surface area contributed by atoms with E-state index in [1.54, 1.807) is 0 Å². The average Bonchev–Trinajstić information content (AvgIpc) is 3.43. The van der Waals surface area contributed by atoms with E-state index in [-0.39, 0.29) is 12.5 Å². The fourth-order valence-electron chi connectivity index (χ4n) is 7.15. The summed E-state index contributed by atoms with van der Waals surface area (Å²) < 4.78 is 18.7. The number of nitrogens with one attached hydrogen (secondary N) is 1. The number of alkyl carbamates (subject to hydrolysis) is 1. The number of hydrogen-bond acceptors (Lipinski definition) is 5. The minimum atomic E-state index is -1.63. The summed E-state index contributed by atoms with van der Waals surface area (Å²) in [4.78, 5) is 13.7. The van der Waals surface area contributed by atoms with Crippen molar-refractivity contribution in [2.75, 3.05) is 27.4 Å². The third-order valence-corrected chi connectivity index (χ3v) is 9.03. The van der Waals surface area contributed by atoms with E-state index in [2.05, 4.69) is 29.6 Å². The quantitative estimate of drug-likeness (QED) is 0.127. The van der Waals surface area contributed by atoms with Crippen LogP contribution in [0.3, 0.4) is 0 Å². The van der Waals surface area contributed by atoms with E-state index in [4.69, 9.17) is 14.2 Å². The van der Waals surface area contributed by atoms with Crippen LogP contribution in [0.15, 0.2) is 140 Å². The highest BCUT2D eigenvalue weighted by Gasteiger charge is 2.61. The van der Waals surface area contributed by atoms with Crippen molar-refractivity contribution in [3.8, 4) is 11.1 Å². The molecule has 6 nitrogen and oxygen atoms in total. The molecule has 0 aromatic heterocycles. The molecule has 0 saturated heterocycles. The SMILES string of the molecule is COC(OC)(C(CO)NC(=O)OCC1c2ccccc2-c2ccccc21)C(c1ccccc1)(c1ccccc1)c1ccccc1. The Morgan fingerprint density at radius 2 is 1.07 bits per heavy atom. The Bertz CT molecular complexity index is 1580. The van der Waals surface area contributed by atoms with Crippen LogP contribution in [0.4, 0.5) is 4.79 Å². The minimum Gasteiger partial charge on any atom is -0.449 e. The van der Waals surface area contributed by atoms with E-state index in [9.17, 15) is 9.90 Å². The molecule has 6 rings (SSSR count). The van der Waals surface area contributed by atoms with E-state index in [0.29, 0.717) is 0 Å². The van der Waals surface area contributed by atoms with Crippen LogP contribution >= 0.6 is 0 Å². The van der Waals surface area contributed by atoms with Gasteiger partial charge in [0.2, 0.25) is 5.79 Å². The molecule has 2 N–H and O–H groups in total. The number of ether oxygens (including phenoxy) is 3. The molecule has 45 heavy (non-hydrogen) atoms. The molecular formula is C39H37NO5. The molecule has 1 aliphatic carbocycles. The number of amides is 1. The first-order valence-electron chi connectivity index (χ1n) is 15.1. The summed E-state index contributed by atoms with van der Waals surface area (Å²) in [5, 5.41) is 13.9. The van der Waals surface area contributed by atoms with Crippen LogP contribution in [0.25, 0.3) is 11.1 Å². The molecule has 0 radical (unpaired) electrons. The van der Waals surface area contributed by atoms with Gasteiger partial charge in [-0.1, -0.05) is 140 Å². The number of aliphatic hydroxyl groups excluding tert-OH is 1. The number of carbonyl (C=O) groups excluding carboxylic acids is 1. The maximum Gasteiger partial charge on any atom is 0.407 e. The molecule has 5 aromatic rings. The molecule has 0 fully saturated rings. The van der Waals surface area contributed by atoms with Gasteiger partial charge >= 0.3 is 6.09 Å². The van der Waals surface area contributed by atoms with Crippen LogP contribution < -0.4 is 5.32 Å². The highest BCUT2D eigenvalue weighted by Crippen LogP contribution is 2.51. The molecule has 5 aromatic carbocycles. The standard InChI is InChI=1S/C39H37NO5/c1-43-39(44-2,38(28-16-6-3-7-17-28,29-18-8-4-9-19-29)30-20-10-5-11-21-30)36(26-41)40-37(42)45-27-35-33-24-14-12-22-31(33)32-23-13-15-25-34(32)35/h3-25,35-36,41H,26-27H2,1-2H3,(H,40,42).